The van der Waals surface area contributed by atoms with Crippen LogP contribution < -0.4 is 10.1 Å². The van der Waals surface area contributed by atoms with Crippen molar-refractivity contribution in [3.63, 3.8) is 0 Å². The fourth-order valence-corrected chi connectivity index (χ4v) is 3.00. The lowest BCUT2D eigenvalue weighted by Gasteiger charge is -2.20. The average molecular weight is 380 g/mol. The second kappa shape index (κ2) is 8.74. The minimum atomic E-state index is -0.153. The zero-order chi connectivity index (χ0) is 19.2. The second-order valence-electron chi connectivity index (χ2n) is 6.47. The van der Waals surface area contributed by atoms with Gasteiger partial charge in [0.2, 0.25) is 0 Å². The zero-order valence-corrected chi connectivity index (χ0v) is 16.2. The Labute approximate surface area is 164 Å². The Bertz CT molecular complexity index is 887. The first-order valence-electron chi connectivity index (χ1n) is 8.81. The van der Waals surface area contributed by atoms with Crippen molar-refractivity contribution >= 4 is 23.1 Å². The number of aryl methyl sites for hydroxylation is 1. The van der Waals surface area contributed by atoms with Gasteiger partial charge in [-0.25, -0.2) is 0 Å². The van der Waals surface area contributed by atoms with E-state index in [1.165, 1.54) is 5.56 Å². The number of Topliss-reactive ketones (excluding diaryl/α,β-unsaturated/α-hetero) is 1. The number of ketones is 1. The number of halogens is 1. The van der Waals surface area contributed by atoms with E-state index in [9.17, 15) is 4.79 Å². The molecule has 1 N–H and O–H groups in total. The highest BCUT2D eigenvalue weighted by Gasteiger charge is 2.17. The second-order valence-corrected chi connectivity index (χ2v) is 6.91. The van der Waals surface area contributed by atoms with Gasteiger partial charge in [0.15, 0.2) is 5.78 Å². The maximum absolute atomic E-state index is 12.8. The van der Waals surface area contributed by atoms with Gasteiger partial charge in [0.25, 0.3) is 0 Å². The first kappa shape index (κ1) is 19.0. The van der Waals surface area contributed by atoms with Gasteiger partial charge in [-0.3, -0.25) is 4.79 Å². The van der Waals surface area contributed by atoms with Crippen LogP contribution >= 0.6 is 11.6 Å². The molecule has 0 bridgehead atoms. The number of ether oxygens (including phenoxy) is 1. The standard InChI is InChI=1S/C23H22ClNO2/c1-16-3-11-20(12-4-16)25-22(17-5-9-19(24)10-6-17)15-23(26)18-7-13-21(27-2)14-8-18/h3-14,22,25H,15H2,1-2H3. The highest BCUT2D eigenvalue weighted by molar-refractivity contribution is 6.30. The van der Waals surface area contributed by atoms with Crippen molar-refractivity contribution in [3.05, 3.63) is 94.5 Å². The third-order valence-electron chi connectivity index (χ3n) is 4.47. The van der Waals surface area contributed by atoms with Crippen LogP contribution in [0.5, 0.6) is 5.75 Å². The predicted octanol–water partition coefficient (Wildman–Crippen LogP) is 6.08. The Kier molecular flexibility index (Phi) is 6.15. The number of hydrogen-bond acceptors (Lipinski definition) is 3. The molecule has 0 fully saturated rings. The maximum atomic E-state index is 12.8. The summed E-state index contributed by atoms with van der Waals surface area (Å²) in [6.45, 7) is 2.05. The van der Waals surface area contributed by atoms with E-state index in [2.05, 4.69) is 5.32 Å². The molecule has 0 aromatic heterocycles. The minimum Gasteiger partial charge on any atom is -0.497 e. The van der Waals surface area contributed by atoms with E-state index in [0.717, 1.165) is 17.0 Å². The van der Waals surface area contributed by atoms with Gasteiger partial charge in [-0.15, -0.1) is 0 Å². The summed E-state index contributed by atoms with van der Waals surface area (Å²) in [5, 5.41) is 4.15. The molecule has 1 unspecified atom stereocenters. The highest BCUT2D eigenvalue weighted by atomic mass is 35.5. The predicted molar refractivity (Wildman–Crippen MR) is 111 cm³/mol. The lowest BCUT2D eigenvalue weighted by molar-refractivity contribution is 0.0976. The van der Waals surface area contributed by atoms with E-state index in [-0.39, 0.29) is 11.8 Å². The quantitative estimate of drug-likeness (QED) is 0.505. The molecular formula is C23H22ClNO2. The van der Waals surface area contributed by atoms with Crippen LogP contribution in [-0.2, 0) is 0 Å². The molecule has 0 radical (unpaired) electrons. The molecule has 4 heteroatoms. The summed E-state index contributed by atoms with van der Waals surface area (Å²) in [7, 11) is 1.61. The summed E-state index contributed by atoms with van der Waals surface area (Å²) in [6.07, 6.45) is 0.335. The van der Waals surface area contributed by atoms with Gasteiger partial charge in [0.1, 0.15) is 5.75 Å². The first-order chi connectivity index (χ1) is 13.0. The van der Waals surface area contributed by atoms with E-state index >= 15 is 0 Å². The molecule has 3 rings (SSSR count). The van der Waals surface area contributed by atoms with E-state index < -0.39 is 0 Å². The molecule has 0 amide bonds. The highest BCUT2D eigenvalue weighted by Crippen LogP contribution is 2.26. The van der Waals surface area contributed by atoms with Crippen molar-refractivity contribution in [2.75, 3.05) is 12.4 Å². The third kappa shape index (κ3) is 5.11. The average Bonchev–Trinajstić information content (AvgIpc) is 2.70. The summed E-state index contributed by atoms with van der Waals surface area (Å²) >= 11 is 6.02. The van der Waals surface area contributed by atoms with Crippen molar-refractivity contribution in [1.29, 1.82) is 0 Å². The van der Waals surface area contributed by atoms with Gasteiger partial charge in [-0.05, 0) is 61.0 Å². The lowest BCUT2D eigenvalue weighted by atomic mass is 9.97. The largest absolute Gasteiger partial charge is 0.497 e. The fourth-order valence-electron chi connectivity index (χ4n) is 2.88. The lowest BCUT2D eigenvalue weighted by Crippen LogP contribution is -2.16. The first-order valence-corrected chi connectivity index (χ1v) is 9.19. The van der Waals surface area contributed by atoms with E-state index in [1.807, 2.05) is 55.5 Å². The van der Waals surface area contributed by atoms with Gasteiger partial charge in [0.05, 0.1) is 13.2 Å². The molecule has 0 saturated heterocycles. The zero-order valence-electron chi connectivity index (χ0n) is 15.4. The van der Waals surface area contributed by atoms with E-state index in [1.54, 1.807) is 31.4 Å². The van der Waals surface area contributed by atoms with Crippen molar-refractivity contribution in [3.8, 4) is 5.75 Å². The molecule has 3 aromatic carbocycles. The van der Waals surface area contributed by atoms with E-state index in [4.69, 9.17) is 16.3 Å². The Morgan fingerprint density at radius 2 is 1.59 bits per heavy atom. The minimum absolute atomic E-state index is 0.0669. The Morgan fingerprint density at radius 1 is 0.963 bits per heavy atom. The summed E-state index contributed by atoms with van der Waals surface area (Å²) in [4.78, 5) is 12.8. The van der Waals surface area contributed by atoms with Gasteiger partial charge in [-0.2, -0.15) is 0 Å². The topological polar surface area (TPSA) is 38.3 Å². The molecule has 27 heavy (non-hydrogen) atoms. The number of carbonyl (C=O) groups is 1. The van der Waals surface area contributed by atoms with Gasteiger partial charge in [-0.1, -0.05) is 41.4 Å². The molecule has 0 aliphatic rings. The normalized spacial score (nSPS) is 11.7. The Morgan fingerprint density at radius 3 is 2.19 bits per heavy atom. The molecule has 0 aliphatic carbocycles. The Balaban J connectivity index is 1.82. The number of benzene rings is 3. The molecule has 3 aromatic rings. The van der Waals surface area contributed by atoms with Crippen molar-refractivity contribution in [1.82, 2.24) is 0 Å². The van der Waals surface area contributed by atoms with Crippen molar-refractivity contribution < 1.29 is 9.53 Å². The summed E-state index contributed by atoms with van der Waals surface area (Å²) < 4.78 is 5.16. The molecule has 3 nitrogen and oxygen atoms in total. The van der Waals surface area contributed by atoms with Gasteiger partial charge in [0, 0.05) is 22.7 Å². The number of methoxy groups -OCH3 is 1. The summed E-state index contributed by atoms with van der Waals surface area (Å²) in [6, 6.07) is 22.8. The molecule has 1 atom stereocenters. The van der Waals surface area contributed by atoms with Crippen LogP contribution in [0.25, 0.3) is 0 Å². The molecular weight excluding hydrogens is 358 g/mol. The van der Waals surface area contributed by atoms with Crippen molar-refractivity contribution in [2.45, 2.75) is 19.4 Å². The number of carbonyl (C=O) groups excluding carboxylic acids is 1. The van der Waals surface area contributed by atoms with Crippen molar-refractivity contribution in [2.24, 2.45) is 0 Å². The SMILES string of the molecule is COc1ccc(C(=O)CC(Nc2ccc(C)cc2)c2ccc(Cl)cc2)cc1. The number of anilines is 1. The molecule has 138 valence electrons. The van der Waals surface area contributed by atoms with Crippen LogP contribution in [0.1, 0.15) is 33.9 Å². The number of hydrogen-bond donors (Lipinski definition) is 1. The maximum Gasteiger partial charge on any atom is 0.165 e. The fraction of sp³-hybridized carbons (Fsp3) is 0.174. The molecule has 0 spiro atoms. The van der Waals surface area contributed by atoms with Crippen LogP contribution in [0.2, 0.25) is 5.02 Å². The van der Waals surface area contributed by atoms with Crippen LogP contribution in [-0.4, -0.2) is 12.9 Å². The monoisotopic (exact) mass is 379 g/mol. The molecule has 0 aliphatic heterocycles. The number of rotatable bonds is 7. The summed E-state index contributed by atoms with van der Waals surface area (Å²) in [5.41, 5.74) is 3.85. The van der Waals surface area contributed by atoms with E-state index in [0.29, 0.717) is 17.0 Å². The van der Waals surface area contributed by atoms with Gasteiger partial charge >= 0.3 is 0 Å². The smallest absolute Gasteiger partial charge is 0.165 e. The Hall–Kier alpha value is -2.78. The van der Waals surface area contributed by atoms with Crippen LogP contribution in [0.3, 0.4) is 0 Å². The van der Waals surface area contributed by atoms with Crippen LogP contribution in [0.4, 0.5) is 5.69 Å². The molecule has 0 heterocycles. The van der Waals surface area contributed by atoms with Crippen LogP contribution in [0.15, 0.2) is 72.8 Å². The number of nitrogens with one attached hydrogen (secondary N) is 1. The molecule has 0 saturated carbocycles. The van der Waals surface area contributed by atoms with Crippen LogP contribution in [0, 0.1) is 6.92 Å². The van der Waals surface area contributed by atoms with Gasteiger partial charge < -0.3 is 10.1 Å². The third-order valence-corrected chi connectivity index (χ3v) is 4.72. The summed E-state index contributed by atoms with van der Waals surface area (Å²) in [5.74, 6) is 0.802.